The van der Waals surface area contributed by atoms with Gasteiger partial charge >= 0.3 is 5.97 Å². The van der Waals surface area contributed by atoms with Crippen molar-refractivity contribution in [2.24, 2.45) is 0 Å². The predicted octanol–water partition coefficient (Wildman–Crippen LogP) is 3.73. The van der Waals surface area contributed by atoms with Gasteiger partial charge in [0.2, 0.25) is 0 Å². The van der Waals surface area contributed by atoms with Crippen molar-refractivity contribution in [3.8, 4) is 0 Å². The summed E-state index contributed by atoms with van der Waals surface area (Å²) < 4.78 is 5.34. The van der Waals surface area contributed by atoms with E-state index in [0.717, 1.165) is 16.8 Å². The molecule has 2 aromatic rings. The molecule has 0 fully saturated rings. The van der Waals surface area contributed by atoms with E-state index in [4.69, 9.17) is 4.74 Å². The average molecular weight is 291 g/mol. The zero-order chi connectivity index (χ0) is 15.5. The molecule has 3 nitrogen and oxygen atoms in total. The lowest BCUT2D eigenvalue weighted by Crippen LogP contribution is -2.07. The first-order valence-corrected chi connectivity index (χ1v) is 7.12. The first-order valence-electron chi connectivity index (χ1n) is 7.12. The van der Waals surface area contributed by atoms with E-state index in [-0.39, 0.29) is 5.97 Å². The Labute approximate surface area is 130 Å². The molecule has 2 aromatic carbocycles. The minimum absolute atomic E-state index is 0.310. The summed E-state index contributed by atoms with van der Waals surface area (Å²) in [4.78, 5) is 14.0. The fourth-order valence-electron chi connectivity index (χ4n) is 2.28. The van der Waals surface area contributed by atoms with Crippen LogP contribution in [0.1, 0.15) is 11.1 Å². The zero-order valence-electron chi connectivity index (χ0n) is 12.6. The number of esters is 1. The van der Waals surface area contributed by atoms with E-state index >= 15 is 0 Å². The van der Waals surface area contributed by atoms with Crippen molar-refractivity contribution in [3.05, 3.63) is 77.4 Å². The van der Waals surface area contributed by atoms with Crippen molar-refractivity contribution in [2.45, 2.75) is 0 Å². The second-order valence-corrected chi connectivity index (χ2v) is 5.35. The van der Waals surface area contributed by atoms with E-state index in [0.29, 0.717) is 11.3 Å². The number of carbonyl (C=O) groups is 1. The molecular weight excluding hydrogens is 274 g/mol. The van der Waals surface area contributed by atoms with Crippen LogP contribution in [0.25, 0.3) is 11.8 Å². The van der Waals surface area contributed by atoms with Crippen molar-refractivity contribution >= 4 is 23.5 Å². The summed E-state index contributed by atoms with van der Waals surface area (Å²) in [6, 6.07) is 17.7. The Morgan fingerprint density at radius 2 is 1.64 bits per heavy atom. The summed E-state index contributed by atoms with van der Waals surface area (Å²) in [6.07, 6.45) is 3.63. The standard InChI is InChI=1S/C19H17NO2/c1-20(2)17-10-8-14(9-11-17)12-16-13-18(22-19(16)21)15-6-4-3-5-7-15/h3-13H,1-2H3. The number of ether oxygens (including phenoxy) is 1. The maximum atomic E-state index is 12.0. The summed E-state index contributed by atoms with van der Waals surface area (Å²) >= 11 is 0. The molecule has 1 heterocycles. The molecule has 1 aliphatic rings. The van der Waals surface area contributed by atoms with Gasteiger partial charge in [-0.15, -0.1) is 0 Å². The summed E-state index contributed by atoms with van der Waals surface area (Å²) in [7, 11) is 3.99. The fourth-order valence-corrected chi connectivity index (χ4v) is 2.28. The second-order valence-electron chi connectivity index (χ2n) is 5.35. The molecule has 0 aromatic heterocycles. The highest BCUT2D eigenvalue weighted by atomic mass is 16.5. The van der Waals surface area contributed by atoms with Crippen LogP contribution < -0.4 is 4.90 Å². The number of nitrogens with zero attached hydrogens (tertiary/aromatic N) is 1. The highest BCUT2D eigenvalue weighted by Gasteiger charge is 2.21. The molecule has 0 bridgehead atoms. The number of benzene rings is 2. The summed E-state index contributed by atoms with van der Waals surface area (Å²) in [6.45, 7) is 0. The van der Waals surface area contributed by atoms with Gasteiger partial charge in [-0.2, -0.15) is 0 Å². The molecule has 0 aliphatic carbocycles. The summed E-state index contributed by atoms with van der Waals surface area (Å²) in [5.41, 5.74) is 3.57. The number of rotatable bonds is 3. The fraction of sp³-hybridized carbons (Fsp3) is 0.105. The monoisotopic (exact) mass is 291 g/mol. The number of carbonyl (C=O) groups excluding carboxylic acids is 1. The quantitative estimate of drug-likeness (QED) is 0.637. The third-order valence-electron chi connectivity index (χ3n) is 3.51. The Hall–Kier alpha value is -2.81. The molecule has 1 aliphatic heterocycles. The van der Waals surface area contributed by atoms with Crippen LogP contribution >= 0.6 is 0 Å². The van der Waals surface area contributed by atoms with Crippen molar-refractivity contribution < 1.29 is 9.53 Å². The van der Waals surface area contributed by atoms with Gasteiger partial charge in [-0.25, -0.2) is 4.79 Å². The van der Waals surface area contributed by atoms with Crippen LogP contribution in [0, 0.1) is 0 Å². The SMILES string of the molecule is CN(C)c1ccc(C=C2C=C(c3ccccc3)OC2=O)cc1. The van der Waals surface area contributed by atoms with Gasteiger partial charge in [-0.3, -0.25) is 0 Å². The van der Waals surface area contributed by atoms with Crippen LogP contribution in [0.5, 0.6) is 0 Å². The molecule has 0 radical (unpaired) electrons. The average Bonchev–Trinajstić information content (AvgIpc) is 2.90. The lowest BCUT2D eigenvalue weighted by Gasteiger charge is -2.11. The smallest absolute Gasteiger partial charge is 0.343 e. The number of hydrogen-bond donors (Lipinski definition) is 0. The minimum atomic E-state index is -0.310. The number of hydrogen-bond acceptors (Lipinski definition) is 3. The number of cyclic esters (lactones) is 1. The van der Waals surface area contributed by atoms with Crippen LogP contribution in [0.4, 0.5) is 5.69 Å². The molecule has 0 saturated carbocycles. The van der Waals surface area contributed by atoms with Gasteiger partial charge in [-0.05, 0) is 29.8 Å². The molecule has 0 saturated heterocycles. The van der Waals surface area contributed by atoms with Crippen LogP contribution in [-0.4, -0.2) is 20.1 Å². The van der Waals surface area contributed by atoms with E-state index in [9.17, 15) is 4.79 Å². The van der Waals surface area contributed by atoms with Gasteiger partial charge in [0.1, 0.15) is 5.76 Å². The molecule has 3 rings (SSSR count). The van der Waals surface area contributed by atoms with Crippen LogP contribution in [0.15, 0.2) is 66.2 Å². The first-order chi connectivity index (χ1) is 10.6. The van der Waals surface area contributed by atoms with E-state index in [1.54, 1.807) is 6.08 Å². The van der Waals surface area contributed by atoms with E-state index in [1.807, 2.05) is 79.7 Å². The third kappa shape index (κ3) is 2.93. The molecule has 22 heavy (non-hydrogen) atoms. The molecule has 3 heteroatoms. The largest absolute Gasteiger partial charge is 0.422 e. The molecule has 110 valence electrons. The molecule has 0 amide bonds. The Morgan fingerprint density at radius 3 is 2.27 bits per heavy atom. The second kappa shape index (κ2) is 5.90. The van der Waals surface area contributed by atoms with Gasteiger partial charge in [0.05, 0.1) is 5.57 Å². The molecule has 0 atom stereocenters. The topological polar surface area (TPSA) is 29.5 Å². The third-order valence-corrected chi connectivity index (χ3v) is 3.51. The van der Waals surface area contributed by atoms with Gasteiger partial charge in [0.25, 0.3) is 0 Å². The molecular formula is C19H17NO2. The van der Waals surface area contributed by atoms with E-state index < -0.39 is 0 Å². The van der Waals surface area contributed by atoms with Crippen molar-refractivity contribution in [3.63, 3.8) is 0 Å². The van der Waals surface area contributed by atoms with Crippen LogP contribution in [0.2, 0.25) is 0 Å². The zero-order valence-corrected chi connectivity index (χ0v) is 12.6. The van der Waals surface area contributed by atoms with Gasteiger partial charge < -0.3 is 9.64 Å². The lowest BCUT2D eigenvalue weighted by molar-refractivity contribution is -0.130. The van der Waals surface area contributed by atoms with Gasteiger partial charge in [0.15, 0.2) is 0 Å². The molecule has 0 spiro atoms. The van der Waals surface area contributed by atoms with E-state index in [1.165, 1.54) is 0 Å². The normalized spacial score (nSPS) is 15.6. The summed E-state index contributed by atoms with van der Waals surface area (Å²) in [5, 5.41) is 0. The minimum Gasteiger partial charge on any atom is -0.422 e. The van der Waals surface area contributed by atoms with Crippen molar-refractivity contribution in [2.75, 3.05) is 19.0 Å². The Balaban J connectivity index is 1.87. The van der Waals surface area contributed by atoms with Gasteiger partial charge in [-0.1, -0.05) is 42.5 Å². The first kappa shape index (κ1) is 14.1. The maximum absolute atomic E-state index is 12.0. The maximum Gasteiger partial charge on any atom is 0.343 e. The summed E-state index contributed by atoms with van der Waals surface area (Å²) in [5.74, 6) is 0.289. The van der Waals surface area contributed by atoms with Gasteiger partial charge in [0, 0.05) is 25.3 Å². The lowest BCUT2D eigenvalue weighted by atomic mass is 10.1. The highest BCUT2D eigenvalue weighted by molar-refractivity contribution is 6.05. The van der Waals surface area contributed by atoms with Crippen LogP contribution in [0.3, 0.4) is 0 Å². The van der Waals surface area contributed by atoms with Crippen molar-refractivity contribution in [1.82, 2.24) is 0 Å². The van der Waals surface area contributed by atoms with Crippen molar-refractivity contribution in [1.29, 1.82) is 0 Å². The Kier molecular flexibility index (Phi) is 3.79. The Bertz CT molecular complexity index is 741. The Morgan fingerprint density at radius 1 is 0.955 bits per heavy atom. The predicted molar refractivity (Wildman–Crippen MR) is 89.3 cm³/mol. The highest BCUT2D eigenvalue weighted by Crippen LogP contribution is 2.27. The van der Waals surface area contributed by atoms with Crippen LogP contribution in [-0.2, 0) is 9.53 Å². The molecule has 0 N–H and O–H groups in total. The van der Waals surface area contributed by atoms with E-state index in [2.05, 4.69) is 0 Å². The molecule has 0 unspecified atom stereocenters. The number of anilines is 1.